The maximum Gasteiger partial charge on any atom is 0.147 e. The van der Waals surface area contributed by atoms with Gasteiger partial charge in [0.2, 0.25) is 0 Å². The van der Waals surface area contributed by atoms with E-state index >= 15 is 0 Å². The van der Waals surface area contributed by atoms with Crippen LogP contribution in [0.3, 0.4) is 0 Å². The molecule has 0 saturated carbocycles. The van der Waals surface area contributed by atoms with Crippen LogP contribution in [0.1, 0.15) is 36.8 Å². The molecule has 0 aliphatic carbocycles. The zero-order valence-corrected chi connectivity index (χ0v) is 11.6. The molecule has 0 radical (unpaired) electrons. The van der Waals surface area contributed by atoms with E-state index in [-0.39, 0.29) is 6.04 Å². The molecule has 0 spiro atoms. The first-order valence-corrected chi connectivity index (χ1v) is 7.08. The van der Waals surface area contributed by atoms with Gasteiger partial charge in [0, 0.05) is 18.0 Å². The summed E-state index contributed by atoms with van der Waals surface area (Å²) in [7, 11) is 0. The number of pyridine rings is 1. The summed E-state index contributed by atoms with van der Waals surface area (Å²) in [6.45, 7) is 3.04. The topological polar surface area (TPSA) is 62.7 Å². The molecular weight excluding hydrogens is 250 g/mol. The van der Waals surface area contributed by atoms with Gasteiger partial charge in [0.15, 0.2) is 0 Å². The van der Waals surface area contributed by atoms with Gasteiger partial charge in [0.25, 0.3) is 0 Å². The van der Waals surface area contributed by atoms with Crippen molar-refractivity contribution in [3.8, 4) is 0 Å². The maximum absolute atomic E-state index is 4.63. The Kier molecular flexibility index (Phi) is 3.87. The highest BCUT2D eigenvalue weighted by Crippen LogP contribution is 2.22. The van der Waals surface area contributed by atoms with Crippen LogP contribution in [0.25, 0.3) is 0 Å². The number of hydrogen-bond donors (Lipinski definition) is 2. The molecule has 0 bridgehead atoms. The highest BCUT2D eigenvalue weighted by Gasteiger charge is 2.18. The lowest BCUT2D eigenvalue weighted by atomic mass is 10.0. The zero-order valence-electron chi connectivity index (χ0n) is 11.6. The van der Waals surface area contributed by atoms with Crippen LogP contribution in [-0.4, -0.2) is 21.5 Å². The van der Waals surface area contributed by atoms with Crippen LogP contribution in [0, 0.1) is 6.92 Å². The van der Waals surface area contributed by atoms with Crippen molar-refractivity contribution in [2.45, 2.75) is 32.2 Å². The second-order valence-electron chi connectivity index (χ2n) is 5.10. The third-order valence-corrected chi connectivity index (χ3v) is 3.41. The minimum Gasteiger partial charge on any atom is -0.325 e. The molecule has 1 atom stereocenters. The van der Waals surface area contributed by atoms with Crippen molar-refractivity contribution in [3.63, 3.8) is 0 Å². The number of aromatic nitrogens is 3. The first kappa shape index (κ1) is 13.0. The molecule has 2 N–H and O–H groups in total. The summed E-state index contributed by atoms with van der Waals surface area (Å²) in [4.78, 5) is 13.5. The van der Waals surface area contributed by atoms with Crippen LogP contribution in [0.5, 0.6) is 0 Å². The van der Waals surface area contributed by atoms with E-state index in [0.29, 0.717) is 0 Å². The molecule has 1 aliphatic rings. The van der Waals surface area contributed by atoms with Gasteiger partial charge in [0.1, 0.15) is 17.5 Å². The summed E-state index contributed by atoms with van der Waals surface area (Å²) in [6.07, 6.45) is 5.34. The molecule has 3 heterocycles. The minimum absolute atomic E-state index is 0.271. The van der Waals surface area contributed by atoms with Crippen LogP contribution in [0.15, 0.2) is 30.5 Å². The average molecular weight is 269 g/mol. The molecule has 5 nitrogen and oxygen atoms in total. The van der Waals surface area contributed by atoms with Crippen molar-refractivity contribution in [2.24, 2.45) is 0 Å². The first-order valence-electron chi connectivity index (χ1n) is 7.08. The predicted octanol–water partition coefficient (Wildman–Crippen LogP) is 2.74. The lowest BCUT2D eigenvalue weighted by Gasteiger charge is -2.22. The fourth-order valence-electron chi connectivity index (χ4n) is 2.45. The molecule has 0 unspecified atom stereocenters. The van der Waals surface area contributed by atoms with Gasteiger partial charge in [-0.2, -0.15) is 0 Å². The van der Waals surface area contributed by atoms with Gasteiger partial charge in [-0.25, -0.2) is 15.0 Å². The molecule has 5 heteroatoms. The van der Waals surface area contributed by atoms with E-state index in [1.54, 1.807) is 6.20 Å². The van der Waals surface area contributed by atoms with E-state index in [4.69, 9.17) is 0 Å². The molecule has 1 fully saturated rings. The normalized spacial score (nSPS) is 18.8. The van der Waals surface area contributed by atoms with Crippen molar-refractivity contribution in [1.82, 2.24) is 20.3 Å². The monoisotopic (exact) mass is 269 g/mol. The lowest BCUT2D eigenvalue weighted by molar-refractivity contribution is 0.397. The molecule has 2 aromatic heterocycles. The Morgan fingerprint density at radius 2 is 2.15 bits per heavy atom. The van der Waals surface area contributed by atoms with Gasteiger partial charge < -0.3 is 10.6 Å². The molecule has 104 valence electrons. The molecule has 3 rings (SSSR count). The van der Waals surface area contributed by atoms with Gasteiger partial charge in [-0.05, 0) is 38.4 Å². The van der Waals surface area contributed by atoms with Crippen LogP contribution < -0.4 is 10.6 Å². The van der Waals surface area contributed by atoms with Crippen LogP contribution in [0.2, 0.25) is 0 Å². The second-order valence-corrected chi connectivity index (χ2v) is 5.10. The Balaban J connectivity index is 1.82. The average Bonchev–Trinajstić information content (AvgIpc) is 2.49. The maximum atomic E-state index is 4.63. The second kappa shape index (κ2) is 5.96. The third-order valence-electron chi connectivity index (χ3n) is 3.41. The lowest BCUT2D eigenvalue weighted by Crippen LogP contribution is -2.28. The number of nitrogens with zero attached hydrogens (tertiary/aromatic N) is 3. The zero-order chi connectivity index (χ0) is 13.8. The molecule has 0 amide bonds. The van der Waals surface area contributed by atoms with Crippen molar-refractivity contribution in [3.05, 3.63) is 42.0 Å². The van der Waals surface area contributed by atoms with Gasteiger partial charge >= 0.3 is 0 Å². The largest absolute Gasteiger partial charge is 0.325 e. The summed E-state index contributed by atoms with van der Waals surface area (Å²) >= 11 is 0. The van der Waals surface area contributed by atoms with Crippen LogP contribution >= 0.6 is 0 Å². The molecular formula is C15H19N5. The number of nitrogens with one attached hydrogen (secondary N) is 2. The van der Waals surface area contributed by atoms with Crippen LogP contribution in [0.4, 0.5) is 11.6 Å². The molecule has 0 aromatic carbocycles. The standard InChI is InChI=1S/C15H19N5/c1-11-10-14(19-13-7-3-5-9-17-13)20-15(18-11)12-6-2-4-8-16-12/h3,5,7,9-10,12,16H,2,4,6,8H2,1H3,(H,17,18,19,20)/t12-/m0/s1. The van der Waals surface area contributed by atoms with Gasteiger partial charge in [-0.15, -0.1) is 0 Å². The summed E-state index contributed by atoms with van der Waals surface area (Å²) < 4.78 is 0. The predicted molar refractivity (Wildman–Crippen MR) is 78.9 cm³/mol. The SMILES string of the molecule is Cc1cc(Nc2ccccn2)nc([C@@H]2CCCCN2)n1. The fourth-order valence-corrected chi connectivity index (χ4v) is 2.45. The quantitative estimate of drug-likeness (QED) is 0.897. The van der Waals surface area contributed by atoms with E-state index in [2.05, 4.69) is 25.6 Å². The van der Waals surface area contributed by atoms with E-state index in [9.17, 15) is 0 Å². The molecule has 20 heavy (non-hydrogen) atoms. The Hall–Kier alpha value is -2.01. The first-order chi connectivity index (χ1) is 9.81. The van der Waals surface area contributed by atoms with Crippen molar-refractivity contribution < 1.29 is 0 Å². The molecule has 2 aromatic rings. The van der Waals surface area contributed by atoms with Crippen molar-refractivity contribution in [1.29, 1.82) is 0 Å². The highest BCUT2D eigenvalue weighted by molar-refractivity contribution is 5.51. The minimum atomic E-state index is 0.271. The van der Waals surface area contributed by atoms with E-state index in [1.807, 2.05) is 31.2 Å². The third kappa shape index (κ3) is 3.11. The summed E-state index contributed by atoms with van der Waals surface area (Å²) in [5.74, 6) is 2.48. The van der Waals surface area contributed by atoms with E-state index in [1.165, 1.54) is 12.8 Å². The number of hydrogen-bond acceptors (Lipinski definition) is 5. The number of piperidine rings is 1. The van der Waals surface area contributed by atoms with E-state index in [0.717, 1.165) is 36.1 Å². The number of aryl methyl sites for hydroxylation is 1. The Morgan fingerprint density at radius 1 is 1.20 bits per heavy atom. The summed E-state index contributed by atoms with van der Waals surface area (Å²) in [5, 5.41) is 6.72. The molecule has 1 aliphatic heterocycles. The fraction of sp³-hybridized carbons (Fsp3) is 0.400. The van der Waals surface area contributed by atoms with E-state index < -0.39 is 0 Å². The summed E-state index contributed by atoms with van der Waals surface area (Å²) in [5.41, 5.74) is 0.973. The number of rotatable bonds is 3. The summed E-state index contributed by atoms with van der Waals surface area (Å²) in [6, 6.07) is 7.99. The Labute approximate surface area is 118 Å². The van der Waals surface area contributed by atoms with Crippen molar-refractivity contribution in [2.75, 3.05) is 11.9 Å². The molecule has 1 saturated heterocycles. The van der Waals surface area contributed by atoms with Gasteiger partial charge in [-0.3, -0.25) is 0 Å². The van der Waals surface area contributed by atoms with Crippen molar-refractivity contribution >= 4 is 11.6 Å². The smallest absolute Gasteiger partial charge is 0.147 e. The Morgan fingerprint density at radius 3 is 2.90 bits per heavy atom. The number of anilines is 2. The van der Waals surface area contributed by atoms with Gasteiger partial charge in [-0.1, -0.05) is 12.5 Å². The van der Waals surface area contributed by atoms with Crippen LogP contribution in [-0.2, 0) is 0 Å². The highest BCUT2D eigenvalue weighted by atomic mass is 15.1. The van der Waals surface area contributed by atoms with Gasteiger partial charge in [0.05, 0.1) is 6.04 Å². The Bertz CT molecular complexity index is 564.